The summed E-state index contributed by atoms with van der Waals surface area (Å²) < 4.78 is 5.14. The van der Waals surface area contributed by atoms with Gasteiger partial charge in [-0.3, -0.25) is 9.78 Å². The molecule has 2 aromatic carbocycles. The summed E-state index contributed by atoms with van der Waals surface area (Å²) in [5.41, 5.74) is 2.07. The first kappa shape index (κ1) is 16.0. The molecule has 1 atom stereocenters. The average Bonchev–Trinajstić information content (AvgIpc) is 2.65. The summed E-state index contributed by atoms with van der Waals surface area (Å²) in [6, 6.07) is 16.2. The van der Waals surface area contributed by atoms with E-state index in [-0.39, 0.29) is 12.5 Å². The third-order valence-electron chi connectivity index (χ3n) is 3.80. The quantitative estimate of drug-likeness (QED) is 0.757. The second kappa shape index (κ2) is 7.10. The Labute approximate surface area is 139 Å². The van der Waals surface area contributed by atoms with Gasteiger partial charge in [0.05, 0.1) is 18.7 Å². The third kappa shape index (κ3) is 3.52. The fraction of sp³-hybridized carbons (Fsp3) is 0.158. The highest BCUT2D eigenvalue weighted by Crippen LogP contribution is 2.19. The molecule has 0 aliphatic rings. The van der Waals surface area contributed by atoms with E-state index in [1.165, 1.54) is 0 Å². The topological polar surface area (TPSA) is 71.5 Å². The van der Waals surface area contributed by atoms with Crippen LogP contribution in [0.4, 0.5) is 0 Å². The molecule has 0 aliphatic heterocycles. The Bertz CT molecular complexity index is 864. The van der Waals surface area contributed by atoms with Crippen molar-refractivity contribution in [2.45, 2.75) is 6.10 Å². The van der Waals surface area contributed by atoms with Crippen LogP contribution in [0.25, 0.3) is 10.9 Å². The highest BCUT2D eigenvalue weighted by atomic mass is 16.5. The highest BCUT2D eigenvalue weighted by molar-refractivity contribution is 5.97. The summed E-state index contributed by atoms with van der Waals surface area (Å²) in [5.74, 6) is 0.433. The number of carbonyl (C=O) groups is 1. The minimum Gasteiger partial charge on any atom is -0.497 e. The van der Waals surface area contributed by atoms with E-state index in [0.717, 1.165) is 10.9 Å². The van der Waals surface area contributed by atoms with Gasteiger partial charge in [-0.15, -0.1) is 0 Å². The number of fused-ring (bicyclic) bond motifs is 1. The molecule has 0 spiro atoms. The molecule has 0 bridgehead atoms. The van der Waals surface area contributed by atoms with Gasteiger partial charge in [0.15, 0.2) is 0 Å². The number of nitrogens with zero attached hydrogens (tertiary/aromatic N) is 1. The molecule has 0 radical (unpaired) electrons. The predicted molar refractivity (Wildman–Crippen MR) is 92.0 cm³/mol. The minimum atomic E-state index is -0.800. The molecule has 0 saturated heterocycles. The van der Waals surface area contributed by atoms with Crippen LogP contribution in [0.15, 0.2) is 60.8 Å². The Morgan fingerprint density at radius 2 is 2.08 bits per heavy atom. The number of nitrogens with one attached hydrogen (secondary N) is 1. The van der Waals surface area contributed by atoms with Gasteiger partial charge in [0.2, 0.25) is 0 Å². The summed E-state index contributed by atoms with van der Waals surface area (Å²) in [4.78, 5) is 16.5. The SMILES string of the molecule is COc1cccc(C(O)CNC(=O)c2ccc3ncccc3c2)c1. The number of hydrogen-bond acceptors (Lipinski definition) is 4. The number of ether oxygens (including phenoxy) is 1. The molecule has 1 heterocycles. The minimum absolute atomic E-state index is 0.122. The Kier molecular flexibility index (Phi) is 4.72. The maximum Gasteiger partial charge on any atom is 0.251 e. The molecule has 1 unspecified atom stereocenters. The molecule has 3 aromatic rings. The van der Waals surface area contributed by atoms with Crippen LogP contribution in [-0.2, 0) is 0 Å². The molecular formula is C19H18N2O3. The molecule has 0 aliphatic carbocycles. The maximum atomic E-state index is 12.3. The smallest absolute Gasteiger partial charge is 0.251 e. The van der Waals surface area contributed by atoms with Gasteiger partial charge in [0, 0.05) is 23.7 Å². The van der Waals surface area contributed by atoms with Gasteiger partial charge in [0.1, 0.15) is 5.75 Å². The number of methoxy groups -OCH3 is 1. The number of aromatic nitrogens is 1. The van der Waals surface area contributed by atoms with Crippen LogP contribution in [0, 0.1) is 0 Å². The number of carbonyl (C=O) groups excluding carboxylic acids is 1. The van der Waals surface area contributed by atoms with Crippen LogP contribution < -0.4 is 10.1 Å². The van der Waals surface area contributed by atoms with Crippen LogP contribution in [0.3, 0.4) is 0 Å². The third-order valence-corrected chi connectivity index (χ3v) is 3.80. The van der Waals surface area contributed by atoms with E-state index in [1.807, 2.05) is 18.2 Å². The van der Waals surface area contributed by atoms with Crippen molar-refractivity contribution in [2.75, 3.05) is 13.7 Å². The van der Waals surface area contributed by atoms with Crippen LogP contribution in [0.2, 0.25) is 0 Å². The van der Waals surface area contributed by atoms with Crippen molar-refractivity contribution in [1.29, 1.82) is 0 Å². The van der Waals surface area contributed by atoms with E-state index >= 15 is 0 Å². The molecular weight excluding hydrogens is 304 g/mol. The zero-order valence-corrected chi connectivity index (χ0v) is 13.3. The lowest BCUT2D eigenvalue weighted by Gasteiger charge is -2.13. The second-order valence-corrected chi connectivity index (χ2v) is 5.41. The van der Waals surface area contributed by atoms with E-state index < -0.39 is 6.10 Å². The standard InChI is InChI=1S/C19H18N2O3/c1-24-16-6-2-4-14(11-16)18(22)12-21-19(23)15-7-8-17-13(10-15)5-3-9-20-17/h2-11,18,22H,12H2,1H3,(H,21,23). The van der Waals surface area contributed by atoms with Gasteiger partial charge in [0.25, 0.3) is 5.91 Å². The van der Waals surface area contributed by atoms with Gasteiger partial charge in [-0.1, -0.05) is 18.2 Å². The molecule has 24 heavy (non-hydrogen) atoms. The number of hydrogen-bond donors (Lipinski definition) is 2. The summed E-state index contributed by atoms with van der Waals surface area (Å²) in [5, 5.41) is 13.9. The number of rotatable bonds is 5. The Morgan fingerprint density at radius 3 is 2.92 bits per heavy atom. The van der Waals surface area contributed by atoms with Crippen LogP contribution in [-0.4, -0.2) is 29.7 Å². The monoisotopic (exact) mass is 322 g/mol. The lowest BCUT2D eigenvalue weighted by molar-refractivity contribution is 0.0916. The lowest BCUT2D eigenvalue weighted by Crippen LogP contribution is -2.28. The molecule has 0 saturated carbocycles. The normalized spacial score (nSPS) is 11.9. The zero-order valence-electron chi connectivity index (χ0n) is 13.3. The van der Waals surface area contributed by atoms with E-state index in [4.69, 9.17) is 4.74 Å². The molecule has 3 rings (SSSR count). The van der Waals surface area contributed by atoms with Crippen molar-refractivity contribution in [2.24, 2.45) is 0 Å². The summed E-state index contributed by atoms with van der Waals surface area (Å²) in [6.07, 6.45) is 0.915. The number of benzene rings is 2. The van der Waals surface area contributed by atoms with Crippen molar-refractivity contribution in [3.8, 4) is 5.75 Å². The molecule has 1 aromatic heterocycles. The number of amides is 1. The van der Waals surface area contributed by atoms with Crippen molar-refractivity contribution in [3.05, 3.63) is 71.9 Å². The first-order valence-electron chi connectivity index (χ1n) is 7.62. The van der Waals surface area contributed by atoms with Gasteiger partial charge < -0.3 is 15.2 Å². The first-order chi connectivity index (χ1) is 11.7. The molecule has 2 N–H and O–H groups in total. The largest absolute Gasteiger partial charge is 0.497 e. The van der Waals surface area contributed by atoms with Crippen molar-refractivity contribution < 1.29 is 14.6 Å². The maximum absolute atomic E-state index is 12.3. The summed E-state index contributed by atoms with van der Waals surface area (Å²) in [7, 11) is 1.57. The van der Waals surface area contributed by atoms with Crippen LogP contribution in [0.5, 0.6) is 5.75 Å². The molecule has 0 fully saturated rings. The Hall–Kier alpha value is -2.92. The predicted octanol–water partition coefficient (Wildman–Crippen LogP) is 2.71. The number of aliphatic hydroxyl groups excluding tert-OH is 1. The molecule has 5 heteroatoms. The van der Waals surface area contributed by atoms with Crippen molar-refractivity contribution in [1.82, 2.24) is 10.3 Å². The van der Waals surface area contributed by atoms with Gasteiger partial charge in [-0.05, 0) is 42.0 Å². The summed E-state index contributed by atoms with van der Waals surface area (Å²) in [6.45, 7) is 0.122. The van der Waals surface area contributed by atoms with Crippen molar-refractivity contribution >= 4 is 16.8 Å². The summed E-state index contributed by atoms with van der Waals surface area (Å²) >= 11 is 0. The van der Waals surface area contributed by atoms with Crippen molar-refractivity contribution in [3.63, 3.8) is 0 Å². The van der Waals surface area contributed by atoms with E-state index in [0.29, 0.717) is 16.9 Å². The zero-order chi connectivity index (χ0) is 16.9. The fourth-order valence-electron chi connectivity index (χ4n) is 2.47. The second-order valence-electron chi connectivity index (χ2n) is 5.41. The highest BCUT2D eigenvalue weighted by Gasteiger charge is 2.12. The van der Waals surface area contributed by atoms with Gasteiger partial charge in [-0.25, -0.2) is 0 Å². The molecule has 1 amide bonds. The Balaban J connectivity index is 1.67. The van der Waals surface area contributed by atoms with E-state index in [1.54, 1.807) is 49.7 Å². The van der Waals surface area contributed by atoms with E-state index in [2.05, 4.69) is 10.3 Å². The average molecular weight is 322 g/mol. The van der Waals surface area contributed by atoms with Crippen LogP contribution in [0.1, 0.15) is 22.0 Å². The van der Waals surface area contributed by atoms with Gasteiger partial charge in [-0.2, -0.15) is 0 Å². The number of aliphatic hydroxyl groups is 1. The fourth-order valence-corrected chi connectivity index (χ4v) is 2.47. The van der Waals surface area contributed by atoms with E-state index in [9.17, 15) is 9.90 Å². The number of pyridine rings is 1. The first-order valence-corrected chi connectivity index (χ1v) is 7.62. The Morgan fingerprint density at radius 1 is 1.21 bits per heavy atom. The molecule has 122 valence electrons. The lowest BCUT2D eigenvalue weighted by atomic mass is 10.1. The van der Waals surface area contributed by atoms with Crippen LogP contribution >= 0.6 is 0 Å². The molecule has 5 nitrogen and oxygen atoms in total. The van der Waals surface area contributed by atoms with Gasteiger partial charge >= 0.3 is 0 Å².